The number of carbonyl (C=O) groups excluding carboxylic acids is 6. The van der Waals surface area contributed by atoms with Crippen LogP contribution < -0.4 is 37.9 Å². The van der Waals surface area contributed by atoms with Crippen LogP contribution in [0.15, 0.2) is 159 Å². The minimum Gasteiger partial charge on any atom is -0.493 e. The Bertz CT molecular complexity index is 2960. The van der Waals surface area contributed by atoms with Crippen molar-refractivity contribution < 1.29 is 76.1 Å². The van der Waals surface area contributed by atoms with Gasteiger partial charge in [0.25, 0.3) is 0 Å². The van der Waals surface area contributed by atoms with Crippen LogP contribution in [0.5, 0.6) is 46.0 Å². The maximum Gasteiger partial charge on any atom is 0.519 e. The minimum absolute atomic E-state index is 0.139. The van der Waals surface area contributed by atoms with Crippen LogP contribution in [0.4, 0.5) is 9.59 Å². The van der Waals surface area contributed by atoms with Crippen molar-refractivity contribution in [2.75, 3.05) is 20.0 Å². The molecule has 8 rings (SSSR count). The third-order valence-corrected chi connectivity index (χ3v) is 11.4. The van der Waals surface area contributed by atoms with Crippen molar-refractivity contribution in [3.63, 3.8) is 0 Å². The van der Waals surface area contributed by atoms with Crippen LogP contribution in [0, 0.1) is 0 Å². The molecule has 0 fully saturated rings. The quantitative estimate of drug-likeness (QED) is 0.0197. The Labute approximate surface area is 406 Å². The first kappa shape index (κ1) is 48.3. The molecule has 16 heteroatoms. The van der Waals surface area contributed by atoms with Crippen LogP contribution in [-0.2, 0) is 37.3 Å². The molecule has 0 heterocycles. The normalized spacial score (nSPS) is 13.9. The van der Waals surface area contributed by atoms with Crippen molar-refractivity contribution in [2.24, 2.45) is 0 Å². The van der Waals surface area contributed by atoms with Crippen molar-refractivity contribution in [1.29, 1.82) is 0 Å². The number of hydrogen-bond donors (Lipinski definition) is 0. The lowest BCUT2D eigenvalue weighted by Gasteiger charge is -2.29. The smallest absolute Gasteiger partial charge is 0.493 e. The Balaban J connectivity index is 0.852. The van der Waals surface area contributed by atoms with Gasteiger partial charge in [0, 0.05) is 35.1 Å². The van der Waals surface area contributed by atoms with Crippen LogP contribution >= 0.6 is 0 Å². The first-order chi connectivity index (χ1) is 34.5. The van der Waals surface area contributed by atoms with E-state index in [0.29, 0.717) is 61.7 Å². The molecular formula is C55H44O16. The van der Waals surface area contributed by atoms with E-state index in [1.807, 2.05) is 12.1 Å². The van der Waals surface area contributed by atoms with Crippen molar-refractivity contribution in [3.05, 3.63) is 192 Å². The average molecular weight is 961 g/mol. The van der Waals surface area contributed by atoms with Crippen LogP contribution in [0.2, 0.25) is 0 Å². The Morgan fingerprint density at radius 3 is 1.31 bits per heavy atom. The van der Waals surface area contributed by atoms with Gasteiger partial charge >= 0.3 is 36.2 Å². The lowest BCUT2D eigenvalue weighted by Crippen LogP contribution is -2.25. The predicted octanol–water partition coefficient (Wildman–Crippen LogP) is 10.0. The lowest BCUT2D eigenvalue weighted by atomic mass is 9.76. The van der Waals surface area contributed by atoms with E-state index < -0.39 is 41.6 Å². The highest BCUT2D eigenvalue weighted by Crippen LogP contribution is 2.57. The molecule has 71 heavy (non-hydrogen) atoms. The molecule has 16 nitrogen and oxygen atoms in total. The maximum absolute atomic E-state index is 13.3. The fourth-order valence-electron chi connectivity index (χ4n) is 8.24. The lowest BCUT2D eigenvalue weighted by molar-refractivity contribution is -0.144. The molecule has 1 atom stereocenters. The summed E-state index contributed by atoms with van der Waals surface area (Å²) in [5.74, 6) is -0.187. The molecule has 2 aliphatic rings. The highest BCUT2D eigenvalue weighted by atomic mass is 16.7. The zero-order chi connectivity index (χ0) is 49.7. The second-order valence-electron chi connectivity index (χ2n) is 15.8. The van der Waals surface area contributed by atoms with Gasteiger partial charge < -0.3 is 47.4 Å². The zero-order valence-electron chi connectivity index (χ0n) is 38.0. The standard InChI is InChI=1S/C55H44O16/c1-3-47(56)63-33-7-32-62-39-16-12-37(13-17-39)51(58)66-41-20-24-43(25-21-41)68-53(60)70-45-10-5-8-35-28-30-55(49(35)45)31-29-36-9-6-11-46(50(36)55)71-54(61)69-44-26-22-42(23-27-44)67-52(59)38-14-18-40(19-15-38)64-34-65-48(57)4-2/h3-6,8-27H,1-2,7,28-34H2. The molecule has 6 aromatic rings. The van der Waals surface area contributed by atoms with E-state index in [0.717, 1.165) is 34.4 Å². The summed E-state index contributed by atoms with van der Waals surface area (Å²) in [4.78, 5) is 74.6. The SMILES string of the molecule is C=CC(=O)OCCCOc1ccc(C(=O)Oc2ccc(OC(=O)Oc3cccc4c3C3(CC4)CCc4cccc(OC(=O)Oc5ccc(OC(=O)c6ccc(OCOC(=O)C=C)cc6)cc5)c43)cc2)cc1. The molecule has 360 valence electrons. The summed E-state index contributed by atoms with van der Waals surface area (Å²) in [5, 5.41) is 0. The van der Waals surface area contributed by atoms with Crippen LogP contribution in [0.25, 0.3) is 0 Å². The summed E-state index contributed by atoms with van der Waals surface area (Å²) >= 11 is 0. The Hall–Kier alpha value is -9.18. The molecule has 2 aliphatic carbocycles. The molecule has 0 bridgehead atoms. The predicted molar refractivity (Wildman–Crippen MR) is 252 cm³/mol. The third kappa shape index (κ3) is 11.9. The second-order valence-corrected chi connectivity index (χ2v) is 15.8. The third-order valence-electron chi connectivity index (χ3n) is 11.4. The van der Waals surface area contributed by atoms with Crippen molar-refractivity contribution >= 4 is 36.2 Å². The van der Waals surface area contributed by atoms with Gasteiger partial charge in [-0.3, -0.25) is 0 Å². The van der Waals surface area contributed by atoms with Gasteiger partial charge in [-0.1, -0.05) is 37.4 Å². The summed E-state index contributed by atoms with van der Waals surface area (Å²) in [6, 6.07) is 35.1. The van der Waals surface area contributed by atoms with Gasteiger partial charge in [0.2, 0.25) is 6.79 Å². The van der Waals surface area contributed by atoms with Gasteiger partial charge in [0.05, 0.1) is 24.3 Å². The summed E-state index contributed by atoms with van der Waals surface area (Å²) in [7, 11) is 0. The van der Waals surface area contributed by atoms with Crippen LogP contribution in [-0.4, -0.2) is 56.2 Å². The number of fused-ring (bicyclic) bond motifs is 4. The van der Waals surface area contributed by atoms with E-state index >= 15 is 0 Å². The topological polar surface area (TPSA) is 195 Å². The largest absolute Gasteiger partial charge is 0.519 e. The zero-order valence-corrected chi connectivity index (χ0v) is 38.0. The molecule has 0 saturated carbocycles. The number of benzene rings is 6. The Morgan fingerprint density at radius 1 is 0.451 bits per heavy atom. The number of carbonyl (C=O) groups is 6. The van der Waals surface area contributed by atoms with Gasteiger partial charge in [-0.25, -0.2) is 28.8 Å². The number of esters is 4. The summed E-state index contributed by atoms with van der Waals surface area (Å²) in [5.41, 5.74) is 3.42. The van der Waals surface area contributed by atoms with Crippen molar-refractivity contribution in [1.82, 2.24) is 0 Å². The van der Waals surface area contributed by atoms with Gasteiger partial charge in [-0.2, -0.15) is 0 Å². The number of hydrogen-bond acceptors (Lipinski definition) is 16. The van der Waals surface area contributed by atoms with Crippen LogP contribution in [0.3, 0.4) is 0 Å². The van der Waals surface area contributed by atoms with E-state index in [4.69, 9.17) is 47.4 Å². The first-order valence-corrected chi connectivity index (χ1v) is 22.2. The fraction of sp³-hybridized carbons (Fsp3) is 0.164. The van der Waals surface area contributed by atoms with Gasteiger partial charge in [-0.15, -0.1) is 0 Å². The number of rotatable bonds is 18. The van der Waals surface area contributed by atoms with E-state index in [1.54, 1.807) is 48.5 Å². The van der Waals surface area contributed by atoms with Crippen LogP contribution in [0.1, 0.15) is 62.2 Å². The molecule has 0 aromatic heterocycles. The van der Waals surface area contributed by atoms with E-state index in [1.165, 1.54) is 72.8 Å². The molecule has 0 aliphatic heterocycles. The molecule has 0 N–H and O–H groups in total. The molecule has 1 unspecified atom stereocenters. The molecule has 0 amide bonds. The van der Waals surface area contributed by atoms with Crippen molar-refractivity contribution in [2.45, 2.75) is 37.5 Å². The summed E-state index contributed by atoms with van der Waals surface area (Å²) < 4.78 is 54.5. The van der Waals surface area contributed by atoms with Gasteiger partial charge in [0.1, 0.15) is 46.0 Å². The highest BCUT2D eigenvalue weighted by Gasteiger charge is 2.49. The fourth-order valence-corrected chi connectivity index (χ4v) is 8.24. The monoisotopic (exact) mass is 960 g/mol. The molecule has 6 aromatic carbocycles. The van der Waals surface area contributed by atoms with Gasteiger partial charge in [-0.05, 0) is 146 Å². The average Bonchev–Trinajstić information content (AvgIpc) is 3.96. The van der Waals surface area contributed by atoms with E-state index in [9.17, 15) is 28.8 Å². The van der Waals surface area contributed by atoms with Gasteiger partial charge in [0.15, 0.2) is 0 Å². The first-order valence-electron chi connectivity index (χ1n) is 22.2. The summed E-state index contributed by atoms with van der Waals surface area (Å²) in [6.45, 7) is 6.83. The minimum atomic E-state index is -0.988. The summed E-state index contributed by atoms with van der Waals surface area (Å²) in [6.07, 6.45) is 3.31. The highest BCUT2D eigenvalue weighted by molar-refractivity contribution is 5.92. The number of aryl methyl sites for hydroxylation is 2. The number of ether oxygens (including phenoxy) is 10. The molecule has 0 saturated heterocycles. The Kier molecular flexibility index (Phi) is 15.2. The Morgan fingerprint density at radius 2 is 0.859 bits per heavy atom. The van der Waals surface area contributed by atoms with E-state index in [-0.39, 0.29) is 47.5 Å². The molecule has 1 spiro atoms. The molecule has 0 radical (unpaired) electrons. The second kappa shape index (κ2) is 22.3. The van der Waals surface area contributed by atoms with Crippen molar-refractivity contribution in [3.8, 4) is 46.0 Å². The molecular weight excluding hydrogens is 917 g/mol. The maximum atomic E-state index is 13.3. The van der Waals surface area contributed by atoms with E-state index in [2.05, 4.69) is 13.2 Å².